The molecule has 21 heavy (non-hydrogen) atoms. The average Bonchev–Trinajstić information content (AvgIpc) is 3.28. The maximum atomic E-state index is 13.2. The predicted octanol–water partition coefficient (Wildman–Crippen LogP) is 1.69. The fraction of sp³-hybridized carbons (Fsp3) is 0.750. The molecule has 0 bridgehead atoms. The summed E-state index contributed by atoms with van der Waals surface area (Å²) in [4.78, 5) is 19.7. The van der Waals surface area contributed by atoms with Crippen molar-refractivity contribution in [1.82, 2.24) is 19.8 Å². The summed E-state index contributed by atoms with van der Waals surface area (Å²) in [5.74, 6) is 1.31. The molecule has 1 saturated heterocycles. The number of piperidine rings is 1. The van der Waals surface area contributed by atoms with Crippen LogP contribution >= 0.6 is 0 Å². The van der Waals surface area contributed by atoms with Gasteiger partial charge in [-0.25, -0.2) is 4.98 Å². The summed E-state index contributed by atoms with van der Waals surface area (Å²) in [5.41, 5.74) is -0.202. The van der Waals surface area contributed by atoms with E-state index < -0.39 is 0 Å². The van der Waals surface area contributed by atoms with E-state index in [2.05, 4.69) is 22.1 Å². The van der Waals surface area contributed by atoms with Gasteiger partial charge in [-0.1, -0.05) is 6.92 Å². The molecule has 3 rings (SSSR count). The van der Waals surface area contributed by atoms with Crippen LogP contribution in [-0.2, 0) is 18.4 Å². The number of amides is 1. The first kappa shape index (κ1) is 14.6. The van der Waals surface area contributed by atoms with Crippen LogP contribution in [0.2, 0.25) is 0 Å². The quantitative estimate of drug-likeness (QED) is 0.898. The maximum Gasteiger partial charge on any atom is 0.230 e. The second-order valence-electron chi connectivity index (χ2n) is 6.53. The summed E-state index contributed by atoms with van der Waals surface area (Å²) in [7, 11) is 2.00. The number of rotatable bonds is 5. The molecule has 1 aromatic rings. The number of aromatic nitrogens is 2. The SMILES string of the molecule is CCC1(C(=O)N(Cc2nccn2C)C2CC2)CCCNC1. The predicted molar refractivity (Wildman–Crippen MR) is 81.6 cm³/mol. The van der Waals surface area contributed by atoms with E-state index >= 15 is 0 Å². The Kier molecular flexibility index (Phi) is 4.02. The summed E-state index contributed by atoms with van der Waals surface area (Å²) in [6.07, 6.45) is 9.07. The molecule has 5 heteroatoms. The number of nitrogens with zero attached hydrogens (tertiary/aromatic N) is 3. The Morgan fingerprint density at radius 3 is 2.90 bits per heavy atom. The normalized spacial score (nSPS) is 25.8. The topological polar surface area (TPSA) is 50.2 Å². The Hall–Kier alpha value is -1.36. The maximum absolute atomic E-state index is 13.2. The van der Waals surface area contributed by atoms with Crippen molar-refractivity contribution >= 4 is 5.91 Å². The van der Waals surface area contributed by atoms with Gasteiger partial charge in [-0.15, -0.1) is 0 Å². The highest BCUT2D eigenvalue weighted by Crippen LogP contribution is 2.37. The third-order valence-corrected chi connectivity index (χ3v) is 5.08. The molecule has 1 unspecified atom stereocenters. The van der Waals surface area contributed by atoms with Crippen LogP contribution in [0, 0.1) is 5.41 Å². The molecule has 1 saturated carbocycles. The van der Waals surface area contributed by atoms with Crippen LogP contribution in [0.15, 0.2) is 12.4 Å². The summed E-state index contributed by atoms with van der Waals surface area (Å²) in [6, 6.07) is 0.430. The molecular formula is C16H26N4O. The lowest BCUT2D eigenvalue weighted by Crippen LogP contribution is -2.52. The lowest BCUT2D eigenvalue weighted by molar-refractivity contribution is -0.145. The van der Waals surface area contributed by atoms with Crippen molar-refractivity contribution < 1.29 is 4.79 Å². The Bertz CT molecular complexity index is 500. The van der Waals surface area contributed by atoms with Gasteiger partial charge in [0.25, 0.3) is 0 Å². The molecule has 1 aromatic heterocycles. The van der Waals surface area contributed by atoms with Crippen molar-refractivity contribution in [2.24, 2.45) is 12.5 Å². The number of nitrogens with one attached hydrogen (secondary N) is 1. The first-order valence-corrected chi connectivity index (χ1v) is 8.14. The van der Waals surface area contributed by atoms with Crippen LogP contribution in [0.5, 0.6) is 0 Å². The number of carbonyl (C=O) groups excluding carboxylic acids is 1. The Labute approximate surface area is 126 Å². The van der Waals surface area contributed by atoms with Crippen LogP contribution in [0.4, 0.5) is 0 Å². The molecule has 2 fully saturated rings. The van der Waals surface area contributed by atoms with Gasteiger partial charge in [0.15, 0.2) is 0 Å². The van der Waals surface area contributed by atoms with Crippen molar-refractivity contribution in [3.8, 4) is 0 Å². The van der Waals surface area contributed by atoms with Crippen LogP contribution in [0.1, 0.15) is 44.9 Å². The highest BCUT2D eigenvalue weighted by atomic mass is 16.2. The van der Waals surface area contributed by atoms with Crippen LogP contribution in [0.25, 0.3) is 0 Å². The largest absolute Gasteiger partial charge is 0.337 e. The van der Waals surface area contributed by atoms with E-state index in [1.807, 2.05) is 24.0 Å². The highest BCUT2D eigenvalue weighted by molar-refractivity contribution is 5.83. The molecular weight excluding hydrogens is 264 g/mol. The second kappa shape index (κ2) is 5.79. The van der Waals surface area contributed by atoms with Crippen molar-refractivity contribution in [1.29, 1.82) is 0 Å². The van der Waals surface area contributed by atoms with Gasteiger partial charge in [-0.3, -0.25) is 4.79 Å². The van der Waals surface area contributed by atoms with Crippen LogP contribution < -0.4 is 5.32 Å². The Morgan fingerprint density at radius 2 is 2.38 bits per heavy atom. The molecule has 1 amide bonds. The summed E-state index contributed by atoms with van der Waals surface area (Å²) < 4.78 is 2.01. The first-order valence-electron chi connectivity index (χ1n) is 8.14. The monoisotopic (exact) mass is 290 g/mol. The number of imidazole rings is 1. The van der Waals surface area contributed by atoms with Crippen LogP contribution in [0.3, 0.4) is 0 Å². The van der Waals surface area contributed by atoms with Gasteiger partial charge in [0.2, 0.25) is 5.91 Å². The second-order valence-corrected chi connectivity index (χ2v) is 6.53. The van der Waals surface area contributed by atoms with E-state index in [-0.39, 0.29) is 5.41 Å². The lowest BCUT2D eigenvalue weighted by atomic mass is 9.77. The number of hydrogen-bond acceptors (Lipinski definition) is 3. The summed E-state index contributed by atoms with van der Waals surface area (Å²) in [5, 5.41) is 3.42. The first-order chi connectivity index (χ1) is 10.2. The van der Waals surface area contributed by atoms with Gasteiger partial charge in [-0.05, 0) is 38.6 Å². The van der Waals surface area contributed by atoms with E-state index in [0.29, 0.717) is 18.5 Å². The highest BCUT2D eigenvalue weighted by Gasteiger charge is 2.44. The smallest absolute Gasteiger partial charge is 0.230 e. The number of carbonyl (C=O) groups is 1. The molecule has 116 valence electrons. The van der Waals surface area contributed by atoms with Gasteiger partial charge in [0.1, 0.15) is 5.82 Å². The minimum atomic E-state index is -0.202. The van der Waals surface area contributed by atoms with E-state index in [1.54, 1.807) is 0 Å². The average molecular weight is 290 g/mol. The van der Waals surface area contributed by atoms with Gasteiger partial charge in [0, 0.05) is 32.0 Å². The Morgan fingerprint density at radius 1 is 1.57 bits per heavy atom. The molecule has 0 spiro atoms. The molecule has 1 aliphatic heterocycles. The molecule has 1 atom stereocenters. The zero-order valence-electron chi connectivity index (χ0n) is 13.1. The minimum absolute atomic E-state index is 0.202. The molecule has 1 aliphatic carbocycles. The summed E-state index contributed by atoms with van der Waals surface area (Å²) in [6.45, 7) is 4.66. The van der Waals surface area contributed by atoms with E-state index in [9.17, 15) is 4.79 Å². The van der Waals surface area contributed by atoms with Crippen molar-refractivity contribution in [2.45, 2.75) is 51.6 Å². The molecule has 2 aliphatic rings. The van der Waals surface area contributed by atoms with E-state index in [4.69, 9.17) is 0 Å². The molecule has 1 N–H and O–H groups in total. The Balaban J connectivity index is 1.79. The fourth-order valence-electron chi connectivity index (χ4n) is 3.36. The van der Waals surface area contributed by atoms with E-state index in [1.165, 1.54) is 0 Å². The van der Waals surface area contributed by atoms with Crippen molar-refractivity contribution in [2.75, 3.05) is 13.1 Å². The zero-order valence-corrected chi connectivity index (χ0v) is 13.1. The molecule has 0 aromatic carbocycles. The number of aryl methyl sites for hydroxylation is 1. The van der Waals surface area contributed by atoms with Crippen molar-refractivity contribution in [3.05, 3.63) is 18.2 Å². The molecule has 2 heterocycles. The third-order valence-electron chi connectivity index (χ3n) is 5.08. The fourth-order valence-corrected chi connectivity index (χ4v) is 3.36. The summed E-state index contributed by atoms with van der Waals surface area (Å²) >= 11 is 0. The van der Waals surface area contributed by atoms with Gasteiger partial charge in [0.05, 0.1) is 12.0 Å². The van der Waals surface area contributed by atoms with Gasteiger partial charge >= 0.3 is 0 Å². The van der Waals surface area contributed by atoms with Crippen LogP contribution in [-0.4, -0.2) is 39.5 Å². The van der Waals surface area contributed by atoms with Gasteiger partial charge < -0.3 is 14.8 Å². The molecule has 5 nitrogen and oxygen atoms in total. The van der Waals surface area contributed by atoms with E-state index in [0.717, 1.165) is 51.0 Å². The number of hydrogen-bond donors (Lipinski definition) is 1. The lowest BCUT2D eigenvalue weighted by Gasteiger charge is -2.39. The van der Waals surface area contributed by atoms with Gasteiger partial charge in [-0.2, -0.15) is 0 Å². The minimum Gasteiger partial charge on any atom is -0.337 e. The standard InChI is InChI=1S/C16H26N4O/c1-3-16(7-4-8-17-12-16)15(21)20(13-5-6-13)11-14-18-9-10-19(14)2/h9-10,13,17H,3-8,11-12H2,1-2H3. The third kappa shape index (κ3) is 2.84. The van der Waals surface area contributed by atoms with Crippen molar-refractivity contribution in [3.63, 3.8) is 0 Å². The zero-order chi connectivity index (χ0) is 14.9. The molecule has 0 radical (unpaired) electrons.